The van der Waals surface area contributed by atoms with Crippen LogP contribution in [-0.2, 0) is 16.0 Å². The Labute approximate surface area is 330 Å². The van der Waals surface area contributed by atoms with Crippen LogP contribution < -0.4 is 16.0 Å². The number of piperazine rings is 1. The third-order valence-corrected chi connectivity index (χ3v) is 11.8. The average Bonchev–Trinajstić information content (AvgIpc) is 4.03. The fraction of sp³-hybridized carbons (Fsp3) is 0.512. The lowest BCUT2D eigenvalue weighted by Gasteiger charge is -2.33. The van der Waals surface area contributed by atoms with Crippen LogP contribution in [0, 0.1) is 0 Å². The van der Waals surface area contributed by atoms with Crippen molar-refractivity contribution in [1.29, 1.82) is 0 Å². The number of nitrogens with zero attached hydrogens (tertiary/aromatic N) is 5. The number of aromatic amines is 1. The third kappa shape index (κ3) is 9.67. The number of likely N-dealkylation sites (tertiary alicyclic amines) is 1. The summed E-state index contributed by atoms with van der Waals surface area (Å²) in [5.41, 5.74) is 4.24. The lowest BCUT2D eigenvalue weighted by molar-refractivity contribution is -0.131. The summed E-state index contributed by atoms with van der Waals surface area (Å²) in [6, 6.07) is 17.3. The van der Waals surface area contributed by atoms with Crippen molar-refractivity contribution in [2.75, 3.05) is 59.9 Å². The summed E-state index contributed by atoms with van der Waals surface area (Å²) < 4.78 is 6.31. The molecule has 0 spiro atoms. The molecule has 2 aromatic carbocycles. The number of nitrogens with one attached hydrogen (secondary N) is 4. The number of rotatable bonds is 14. The van der Waals surface area contributed by atoms with E-state index in [9.17, 15) is 14.4 Å². The van der Waals surface area contributed by atoms with E-state index in [1.165, 1.54) is 5.56 Å². The molecule has 0 radical (unpaired) electrons. The van der Waals surface area contributed by atoms with Gasteiger partial charge in [0.2, 0.25) is 17.7 Å². The molecular weight excluding hydrogens is 707 g/mol. The van der Waals surface area contributed by atoms with E-state index < -0.39 is 6.04 Å². The van der Waals surface area contributed by atoms with E-state index in [0.29, 0.717) is 43.9 Å². The van der Waals surface area contributed by atoms with Gasteiger partial charge in [0, 0.05) is 51.6 Å². The van der Waals surface area contributed by atoms with Crippen LogP contribution in [0.15, 0.2) is 71.4 Å². The van der Waals surface area contributed by atoms with E-state index in [0.717, 1.165) is 106 Å². The van der Waals surface area contributed by atoms with Gasteiger partial charge in [0.05, 0.1) is 24.6 Å². The molecule has 0 bridgehead atoms. The molecule has 1 saturated carbocycles. The molecule has 13 heteroatoms. The van der Waals surface area contributed by atoms with E-state index in [1.54, 1.807) is 11.9 Å². The Morgan fingerprint density at radius 2 is 1.62 bits per heavy atom. The number of aromatic nitrogens is 3. The van der Waals surface area contributed by atoms with Gasteiger partial charge in [-0.25, -0.2) is 14.8 Å². The molecule has 2 saturated heterocycles. The highest BCUT2D eigenvalue weighted by Gasteiger charge is 2.34. The monoisotopic (exact) mass is 763 g/mol. The molecule has 2 unspecified atom stereocenters. The Bertz CT molecular complexity index is 1880. The lowest BCUT2D eigenvalue weighted by Crippen LogP contribution is -2.52. The number of likely N-dealkylation sites (N-methyl/N-ethyl adjacent to an activating group) is 2. The molecule has 56 heavy (non-hydrogen) atoms. The molecule has 7 rings (SSSR count). The van der Waals surface area contributed by atoms with Crippen LogP contribution in [0.4, 0.5) is 4.79 Å². The van der Waals surface area contributed by atoms with Crippen LogP contribution in [0.5, 0.6) is 0 Å². The number of amides is 4. The topological polar surface area (TPSA) is 152 Å². The number of carbonyl (C=O) groups is 3. The summed E-state index contributed by atoms with van der Waals surface area (Å²) in [4.78, 5) is 57.5. The number of urea groups is 1. The number of hydrogen-bond acceptors (Lipinski definition) is 8. The maximum Gasteiger partial charge on any atom is 0.318 e. The number of H-pyrrole nitrogens is 1. The van der Waals surface area contributed by atoms with Crippen molar-refractivity contribution in [3.05, 3.63) is 95.6 Å². The third-order valence-electron chi connectivity index (χ3n) is 11.8. The Morgan fingerprint density at radius 3 is 2.38 bits per heavy atom. The molecule has 4 N–H and O–H groups in total. The predicted octanol–water partition coefficient (Wildman–Crippen LogP) is 5.53. The standard InChI is InChI=1S/C43H57N9O4/c1-44-29-39(53)52-22-8-11-36(52)42-47-28-37(56-42)33-19-15-31(16-20-33)30-13-17-32(18-14-30)35-27-46-38(48-35)12-6-7-21-45-41(54)40(34-9-4-3-5-10-34)49-43(55)51-25-23-50(2)24-26-51/h3-5,9-10,13-14,17-18,27-28,31,33,36,40,44H,6-8,11-12,15-16,19-26,29H2,1-2H3,(H,45,54)(H,46,48)(H,49,55). The van der Waals surface area contributed by atoms with Gasteiger partial charge in [-0.2, -0.15) is 0 Å². The number of benzene rings is 2. The number of carbonyl (C=O) groups excluding carboxylic acids is 3. The maximum absolute atomic E-state index is 13.3. The van der Waals surface area contributed by atoms with Gasteiger partial charge in [-0.15, -0.1) is 0 Å². The normalized spacial score (nSPS) is 20.9. The SMILES string of the molecule is CNCC(=O)N1CCCC1c1ncc(C2CCC(c3ccc(-c4cnc(CCCCNC(=O)C(NC(=O)N5CCN(C)CC5)c5ccccc5)[nH]4)cc3)CC2)o1. The van der Waals surface area contributed by atoms with Crippen LogP contribution in [0.3, 0.4) is 0 Å². The van der Waals surface area contributed by atoms with E-state index in [2.05, 4.69) is 60.1 Å². The van der Waals surface area contributed by atoms with Crippen LogP contribution in [0.2, 0.25) is 0 Å². The minimum absolute atomic E-state index is 0.0568. The number of aryl methyl sites for hydroxylation is 1. The van der Waals surface area contributed by atoms with Crippen molar-refractivity contribution < 1.29 is 18.8 Å². The van der Waals surface area contributed by atoms with Crippen LogP contribution in [-0.4, -0.2) is 107 Å². The van der Waals surface area contributed by atoms with Crippen LogP contribution >= 0.6 is 0 Å². The average molecular weight is 764 g/mol. The largest absolute Gasteiger partial charge is 0.443 e. The summed E-state index contributed by atoms with van der Waals surface area (Å²) in [6.07, 6.45) is 12.4. The number of hydrogen-bond donors (Lipinski definition) is 4. The zero-order chi connectivity index (χ0) is 38.9. The molecule has 2 atom stereocenters. The first-order chi connectivity index (χ1) is 27.4. The second-order valence-electron chi connectivity index (χ2n) is 15.6. The number of unbranched alkanes of at least 4 members (excludes halogenated alkanes) is 1. The minimum atomic E-state index is -0.749. The number of oxazole rings is 1. The second-order valence-corrected chi connectivity index (χ2v) is 15.6. The molecule has 3 fully saturated rings. The van der Waals surface area contributed by atoms with Crippen molar-refractivity contribution in [3.8, 4) is 11.3 Å². The molecule has 2 aromatic heterocycles. The highest BCUT2D eigenvalue weighted by atomic mass is 16.4. The molecule has 3 aliphatic rings. The fourth-order valence-corrected chi connectivity index (χ4v) is 8.40. The molecule has 4 aromatic rings. The summed E-state index contributed by atoms with van der Waals surface area (Å²) in [7, 11) is 3.84. The van der Waals surface area contributed by atoms with Gasteiger partial charge in [-0.05, 0) is 88.1 Å². The van der Waals surface area contributed by atoms with Gasteiger partial charge in [0.25, 0.3) is 0 Å². The minimum Gasteiger partial charge on any atom is -0.443 e. The van der Waals surface area contributed by atoms with Crippen molar-refractivity contribution in [2.24, 2.45) is 0 Å². The Hall–Kier alpha value is -5.01. The quantitative estimate of drug-likeness (QED) is 0.123. The van der Waals surface area contributed by atoms with E-state index >= 15 is 0 Å². The molecule has 4 heterocycles. The van der Waals surface area contributed by atoms with Crippen molar-refractivity contribution >= 4 is 17.8 Å². The summed E-state index contributed by atoms with van der Waals surface area (Å²) in [5.74, 6) is 3.34. The Morgan fingerprint density at radius 1 is 0.875 bits per heavy atom. The highest BCUT2D eigenvalue weighted by molar-refractivity contribution is 5.88. The molecule has 298 valence electrons. The van der Waals surface area contributed by atoms with Crippen LogP contribution in [0.25, 0.3) is 11.3 Å². The zero-order valence-electron chi connectivity index (χ0n) is 32.8. The summed E-state index contributed by atoms with van der Waals surface area (Å²) >= 11 is 0. The first-order valence-electron chi connectivity index (χ1n) is 20.5. The second kappa shape index (κ2) is 18.8. The highest BCUT2D eigenvalue weighted by Crippen LogP contribution is 2.42. The van der Waals surface area contributed by atoms with Gasteiger partial charge in [-0.3, -0.25) is 9.59 Å². The lowest BCUT2D eigenvalue weighted by atomic mass is 9.78. The zero-order valence-corrected chi connectivity index (χ0v) is 32.8. The summed E-state index contributed by atoms with van der Waals surface area (Å²) in [5, 5.41) is 8.98. The van der Waals surface area contributed by atoms with Crippen molar-refractivity contribution in [1.82, 2.24) is 45.6 Å². The number of imidazole rings is 1. The van der Waals surface area contributed by atoms with Crippen LogP contribution in [0.1, 0.15) is 104 Å². The van der Waals surface area contributed by atoms with Gasteiger partial charge in [0.1, 0.15) is 23.7 Å². The molecule has 2 aliphatic heterocycles. The summed E-state index contributed by atoms with van der Waals surface area (Å²) in [6.45, 7) is 4.53. The maximum atomic E-state index is 13.3. The van der Waals surface area contributed by atoms with Gasteiger partial charge >= 0.3 is 6.03 Å². The fourth-order valence-electron chi connectivity index (χ4n) is 8.40. The van der Waals surface area contributed by atoms with E-state index in [1.807, 2.05) is 54.7 Å². The van der Waals surface area contributed by atoms with Gasteiger partial charge < -0.3 is 40.1 Å². The molecule has 13 nitrogen and oxygen atoms in total. The van der Waals surface area contributed by atoms with E-state index in [4.69, 9.17) is 4.42 Å². The van der Waals surface area contributed by atoms with Crippen molar-refractivity contribution in [3.63, 3.8) is 0 Å². The van der Waals surface area contributed by atoms with Gasteiger partial charge in [0.15, 0.2) is 0 Å². The van der Waals surface area contributed by atoms with E-state index in [-0.39, 0.29) is 23.9 Å². The Balaban J connectivity index is 0.841. The molecule has 4 amide bonds. The Kier molecular flexibility index (Phi) is 13.1. The van der Waals surface area contributed by atoms with Gasteiger partial charge in [-0.1, -0.05) is 54.6 Å². The predicted molar refractivity (Wildman–Crippen MR) is 215 cm³/mol. The molecular formula is C43H57N9O4. The first kappa shape index (κ1) is 39.2. The smallest absolute Gasteiger partial charge is 0.318 e. The first-order valence-corrected chi connectivity index (χ1v) is 20.5. The van der Waals surface area contributed by atoms with Crippen molar-refractivity contribution in [2.45, 2.75) is 81.7 Å². The molecule has 1 aliphatic carbocycles.